The third kappa shape index (κ3) is 30.4. The summed E-state index contributed by atoms with van der Waals surface area (Å²) in [5.74, 6) is -0.415. The number of hydrogen-bond donors (Lipinski definition) is 0. The maximum absolute atomic E-state index is 12.6. The molecule has 0 rings (SSSR count). The Morgan fingerprint density at radius 1 is 0.432 bits per heavy atom. The van der Waals surface area contributed by atoms with Crippen LogP contribution in [0.25, 0.3) is 0 Å². The highest BCUT2D eigenvalue weighted by Gasteiger charge is 2.18. The zero-order chi connectivity index (χ0) is 32.5. The zero-order valence-corrected chi connectivity index (χ0v) is 29.6. The number of unbranched alkanes of at least 4 members (excludes halogenated alkanes) is 18. The van der Waals surface area contributed by atoms with Gasteiger partial charge in [0, 0.05) is 19.3 Å². The Morgan fingerprint density at radius 3 is 1.27 bits per heavy atom. The molecule has 0 fully saturated rings. The van der Waals surface area contributed by atoms with Crippen LogP contribution in [-0.4, -0.2) is 36.7 Å². The lowest BCUT2D eigenvalue weighted by molar-refractivity contribution is -0.153. The van der Waals surface area contributed by atoms with Crippen molar-refractivity contribution in [2.75, 3.05) is 6.61 Å². The van der Waals surface area contributed by atoms with Gasteiger partial charge in [-0.2, -0.15) is 0 Å². The van der Waals surface area contributed by atoms with Crippen LogP contribution in [0, 0.1) is 0 Å². The molecule has 0 unspecified atom stereocenters. The first-order chi connectivity index (χ1) is 21.4. The first-order valence-corrected chi connectivity index (χ1v) is 19.0. The highest BCUT2D eigenvalue weighted by molar-refractivity contribution is 5.70. The van der Waals surface area contributed by atoms with Gasteiger partial charge in [0.25, 0.3) is 0 Å². The SMILES string of the molecule is CCCCCCCCCC(=O)OCCC[C@@H](CC[C@@H](C)OC(=O)CCCCCCCCC)OC(=O)CCCCCCCCC. The van der Waals surface area contributed by atoms with Crippen LogP contribution in [0.4, 0.5) is 0 Å². The third-order valence-corrected chi connectivity index (χ3v) is 8.41. The van der Waals surface area contributed by atoms with Gasteiger partial charge in [-0.1, -0.05) is 136 Å². The summed E-state index contributed by atoms with van der Waals surface area (Å²) < 4.78 is 17.0. The van der Waals surface area contributed by atoms with Crippen molar-refractivity contribution in [1.82, 2.24) is 0 Å². The summed E-state index contributed by atoms with van der Waals surface area (Å²) in [5, 5.41) is 0. The van der Waals surface area contributed by atoms with Crippen LogP contribution in [-0.2, 0) is 28.6 Å². The normalized spacial score (nSPS) is 12.5. The van der Waals surface area contributed by atoms with Gasteiger partial charge in [-0.15, -0.1) is 0 Å². The summed E-state index contributed by atoms with van der Waals surface area (Å²) in [4.78, 5) is 37.1. The second kappa shape index (κ2) is 32.8. The van der Waals surface area contributed by atoms with Crippen molar-refractivity contribution >= 4 is 17.9 Å². The van der Waals surface area contributed by atoms with Gasteiger partial charge in [0.15, 0.2) is 0 Å². The lowest BCUT2D eigenvalue weighted by Gasteiger charge is -2.20. The van der Waals surface area contributed by atoms with Gasteiger partial charge in [-0.3, -0.25) is 14.4 Å². The van der Waals surface area contributed by atoms with Gasteiger partial charge < -0.3 is 14.2 Å². The molecular weight excluding hydrogens is 552 g/mol. The minimum absolute atomic E-state index is 0.132. The first-order valence-electron chi connectivity index (χ1n) is 19.0. The van der Waals surface area contributed by atoms with Gasteiger partial charge in [0.05, 0.1) is 12.7 Å². The van der Waals surface area contributed by atoms with Crippen molar-refractivity contribution in [2.24, 2.45) is 0 Å². The quantitative estimate of drug-likeness (QED) is 0.0410. The minimum atomic E-state index is -0.252. The maximum atomic E-state index is 12.6. The van der Waals surface area contributed by atoms with E-state index in [1.165, 1.54) is 96.3 Å². The van der Waals surface area contributed by atoms with E-state index in [1.807, 2.05) is 6.92 Å². The van der Waals surface area contributed by atoms with Gasteiger partial charge in [-0.25, -0.2) is 0 Å². The topological polar surface area (TPSA) is 78.9 Å². The molecule has 0 bridgehead atoms. The van der Waals surface area contributed by atoms with Gasteiger partial charge in [0.1, 0.15) is 6.10 Å². The van der Waals surface area contributed by atoms with Crippen molar-refractivity contribution < 1.29 is 28.6 Å². The monoisotopic (exact) mass is 625 g/mol. The third-order valence-electron chi connectivity index (χ3n) is 8.41. The highest BCUT2D eigenvalue weighted by Crippen LogP contribution is 2.17. The Morgan fingerprint density at radius 2 is 0.818 bits per heavy atom. The Bertz CT molecular complexity index is 664. The van der Waals surface area contributed by atoms with Crippen molar-refractivity contribution in [3.63, 3.8) is 0 Å². The van der Waals surface area contributed by atoms with E-state index in [0.29, 0.717) is 51.6 Å². The fourth-order valence-electron chi connectivity index (χ4n) is 5.52. The predicted molar refractivity (Wildman–Crippen MR) is 183 cm³/mol. The Balaban J connectivity index is 4.42. The van der Waals surface area contributed by atoms with E-state index < -0.39 is 0 Å². The summed E-state index contributed by atoms with van der Waals surface area (Å²) in [6, 6.07) is 0. The minimum Gasteiger partial charge on any atom is -0.466 e. The van der Waals surface area contributed by atoms with Crippen molar-refractivity contribution in [3.05, 3.63) is 0 Å². The molecule has 0 saturated carbocycles. The van der Waals surface area contributed by atoms with Gasteiger partial charge >= 0.3 is 17.9 Å². The molecule has 0 aliphatic rings. The van der Waals surface area contributed by atoms with Crippen molar-refractivity contribution in [2.45, 2.75) is 220 Å². The first kappa shape index (κ1) is 42.4. The van der Waals surface area contributed by atoms with Gasteiger partial charge in [0.2, 0.25) is 0 Å². The summed E-state index contributed by atoms with van der Waals surface area (Å²) in [6.45, 7) is 8.93. The molecule has 44 heavy (non-hydrogen) atoms. The van der Waals surface area contributed by atoms with Crippen LogP contribution in [0.15, 0.2) is 0 Å². The van der Waals surface area contributed by atoms with Crippen molar-refractivity contribution in [1.29, 1.82) is 0 Å². The van der Waals surface area contributed by atoms with E-state index in [4.69, 9.17) is 14.2 Å². The number of carbonyl (C=O) groups excluding carboxylic acids is 3. The second-order valence-electron chi connectivity index (χ2n) is 13.0. The molecule has 6 nitrogen and oxygen atoms in total. The fourth-order valence-corrected chi connectivity index (χ4v) is 5.52. The van der Waals surface area contributed by atoms with E-state index >= 15 is 0 Å². The second-order valence-corrected chi connectivity index (χ2v) is 13.0. The predicted octanol–water partition coefficient (Wildman–Crippen LogP) is 11.4. The molecule has 0 aliphatic heterocycles. The molecule has 0 radical (unpaired) electrons. The van der Waals surface area contributed by atoms with Gasteiger partial charge in [-0.05, 0) is 51.9 Å². The fraction of sp³-hybridized carbons (Fsp3) is 0.921. The van der Waals surface area contributed by atoms with E-state index in [0.717, 1.165) is 38.5 Å². The zero-order valence-electron chi connectivity index (χ0n) is 29.6. The summed E-state index contributed by atoms with van der Waals surface area (Å²) >= 11 is 0. The highest BCUT2D eigenvalue weighted by atomic mass is 16.6. The molecule has 0 heterocycles. The molecule has 6 heteroatoms. The van der Waals surface area contributed by atoms with Crippen LogP contribution < -0.4 is 0 Å². The molecule has 0 aromatic carbocycles. The molecule has 0 amide bonds. The van der Waals surface area contributed by atoms with E-state index in [9.17, 15) is 14.4 Å². The number of hydrogen-bond acceptors (Lipinski definition) is 6. The van der Waals surface area contributed by atoms with Crippen LogP contribution in [0.3, 0.4) is 0 Å². The lowest BCUT2D eigenvalue weighted by Crippen LogP contribution is -2.22. The summed E-state index contributed by atoms with van der Waals surface area (Å²) in [6.07, 6.45) is 28.1. The molecular formula is C38H72O6. The molecule has 260 valence electrons. The Labute approximate surface area is 272 Å². The van der Waals surface area contributed by atoms with E-state index in [1.54, 1.807) is 0 Å². The van der Waals surface area contributed by atoms with E-state index in [2.05, 4.69) is 20.8 Å². The number of ether oxygens (including phenoxy) is 3. The van der Waals surface area contributed by atoms with Crippen LogP contribution in [0.2, 0.25) is 0 Å². The standard InChI is InChI=1S/C38H72O6/c1-5-8-11-14-17-20-23-28-36(39)42-33-26-27-35(44-38(41)30-25-22-19-16-13-10-7-3)32-31-34(4)43-37(40)29-24-21-18-15-12-9-6-2/h34-35H,5-33H2,1-4H3/t34-,35+/m1/s1. The average Bonchev–Trinajstić information content (AvgIpc) is 3.00. The molecule has 0 aromatic heterocycles. The number of esters is 3. The van der Waals surface area contributed by atoms with Crippen LogP contribution >= 0.6 is 0 Å². The number of carbonyl (C=O) groups is 3. The summed E-state index contributed by atoms with van der Waals surface area (Å²) in [7, 11) is 0. The Hall–Kier alpha value is -1.59. The van der Waals surface area contributed by atoms with Crippen molar-refractivity contribution in [3.8, 4) is 0 Å². The molecule has 0 N–H and O–H groups in total. The smallest absolute Gasteiger partial charge is 0.306 e. The van der Waals surface area contributed by atoms with Crippen LogP contribution in [0.1, 0.15) is 207 Å². The van der Waals surface area contributed by atoms with E-state index in [-0.39, 0.29) is 30.1 Å². The Kier molecular flexibility index (Phi) is 31.6. The molecule has 0 saturated heterocycles. The number of rotatable bonds is 33. The largest absolute Gasteiger partial charge is 0.466 e. The molecule has 0 aliphatic carbocycles. The van der Waals surface area contributed by atoms with Crippen LogP contribution in [0.5, 0.6) is 0 Å². The molecule has 0 aromatic rings. The maximum Gasteiger partial charge on any atom is 0.306 e. The summed E-state index contributed by atoms with van der Waals surface area (Å²) in [5.41, 5.74) is 0. The molecule has 0 spiro atoms. The average molecular weight is 625 g/mol. The molecule has 2 atom stereocenters. The lowest BCUT2D eigenvalue weighted by atomic mass is 10.1.